The maximum atomic E-state index is 12.4. The quantitative estimate of drug-likeness (QED) is 0.448. The Morgan fingerprint density at radius 2 is 1.71 bits per heavy atom. The molecule has 2 aromatic carbocycles. The number of rotatable bonds is 6. The molecule has 5 nitrogen and oxygen atoms in total. The highest BCUT2D eigenvalue weighted by molar-refractivity contribution is 8.04. The minimum absolute atomic E-state index is 0.0886. The second-order valence-electron chi connectivity index (χ2n) is 7.03. The van der Waals surface area contributed by atoms with Crippen LogP contribution in [0.2, 0.25) is 0 Å². The number of thioether (sulfide) groups is 1. The van der Waals surface area contributed by atoms with Crippen molar-refractivity contribution in [3.8, 4) is 0 Å². The van der Waals surface area contributed by atoms with Crippen molar-refractivity contribution in [2.24, 2.45) is 0 Å². The highest BCUT2D eigenvalue weighted by Gasteiger charge is 2.40. The standard InChI is InChI=1S/C22H25N3O2S/c1-16-22(2,25-21(27)24-15-18-11-7-4-8-12-18)13-19(28-16)20(26)23-14-17-9-5-3-6-10-17/h3-13,16H,14-15H2,1-2H3,(H,23,26)(H2,24,25,27)/p+1. The molecule has 0 bridgehead atoms. The minimum atomic E-state index is -0.552. The molecule has 1 heterocycles. The lowest BCUT2D eigenvalue weighted by molar-refractivity contribution is -0.483. The Morgan fingerprint density at radius 1 is 1.11 bits per heavy atom. The number of urea groups is 1. The molecule has 2 aromatic rings. The highest BCUT2D eigenvalue weighted by Crippen LogP contribution is 2.38. The van der Waals surface area contributed by atoms with Gasteiger partial charge in [0.1, 0.15) is 4.91 Å². The van der Waals surface area contributed by atoms with E-state index in [9.17, 15) is 9.90 Å². The van der Waals surface area contributed by atoms with Gasteiger partial charge in [-0.2, -0.15) is 0 Å². The predicted octanol–water partition coefficient (Wildman–Crippen LogP) is 2.50. The number of benzene rings is 2. The van der Waals surface area contributed by atoms with Crippen molar-refractivity contribution in [3.63, 3.8) is 0 Å². The summed E-state index contributed by atoms with van der Waals surface area (Å²) >= 11 is 1.54. The molecule has 0 saturated heterocycles. The van der Waals surface area contributed by atoms with Gasteiger partial charge in [-0.05, 0) is 18.6 Å². The second-order valence-corrected chi connectivity index (χ2v) is 8.42. The number of carbonyl (C=O) groups excluding carboxylic acids is 1. The smallest absolute Gasteiger partial charge is 0.372 e. The largest absolute Gasteiger partial charge is 0.459 e. The van der Waals surface area contributed by atoms with Crippen molar-refractivity contribution in [1.82, 2.24) is 10.6 Å². The minimum Gasteiger partial charge on any atom is -0.459 e. The molecular formula is C22H26N3O2S+. The van der Waals surface area contributed by atoms with E-state index in [0.717, 1.165) is 16.0 Å². The third-order valence-corrected chi connectivity index (χ3v) is 6.20. The Hall–Kier alpha value is -2.73. The maximum absolute atomic E-state index is 12.4. The zero-order valence-corrected chi connectivity index (χ0v) is 16.9. The van der Waals surface area contributed by atoms with Crippen molar-refractivity contribution in [1.29, 1.82) is 0 Å². The summed E-state index contributed by atoms with van der Waals surface area (Å²) in [6, 6.07) is 19.5. The van der Waals surface area contributed by atoms with E-state index in [1.165, 1.54) is 0 Å². The molecule has 1 aliphatic rings. The lowest BCUT2D eigenvalue weighted by Crippen LogP contribution is -2.71. The van der Waals surface area contributed by atoms with Crippen LogP contribution in [-0.2, 0) is 13.1 Å². The van der Waals surface area contributed by atoms with Crippen LogP contribution in [0.25, 0.3) is 0 Å². The number of amides is 2. The highest BCUT2D eigenvalue weighted by atomic mass is 32.2. The van der Waals surface area contributed by atoms with E-state index in [1.807, 2.05) is 80.6 Å². The molecular weight excluding hydrogens is 370 g/mol. The fourth-order valence-electron chi connectivity index (χ4n) is 2.93. The number of nitrogens with one attached hydrogen (secondary N) is 3. The van der Waals surface area contributed by atoms with Gasteiger partial charge >= 0.3 is 11.9 Å². The third-order valence-electron chi connectivity index (χ3n) is 4.79. The molecule has 0 radical (unpaired) electrons. The zero-order chi connectivity index (χ0) is 20.0. The Morgan fingerprint density at radius 3 is 2.36 bits per heavy atom. The van der Waals surface area contributed by atoms with Gasteiger partial charge < -0.3 is 15.7 Å². The fourth-order valence-corrected chi connectivity index (χ4v) is 4.18. The number of aliphatic hydroxyl groups is 1. The second kappa shape index (κ2) is 8.97. The molecule has 3 rings (SSSR count). The van der Waals surface area contributed by atoms with Gasteiger partial charge in [-0.15, -0.1) is 11.8 Å². The lowest BCUT2D eigenvalue weighted by atomic mass is 9.98. The Balaban J connectivity index is 1.60. The van der Waals surface area contributed by atoms with Crippen LogP contribution in [-0.4, -0.2) is 27.8 Å². The van der Waals surface area contributed by atoms with Crippen LogP contribution in [0, 0.1) is 0 Å². The topological polar surface area (TPSA) is 75.3 Å². The predicted molar refractivity (Wildman–Crippen MR) is 114 cm³/mol. The van der Waals surface area contributed by atoms with Crippen LogP contribution >= 0.6 is 11.8 Å². The van der Waals surface area contributed by atoms with Crippen LogP contribution < -0.4 is 15.6 Å². The van der Waals surface area contributed by atoms with Crippen LogP contribution in [0.1, 0.15) is 25.0 Å². The van der Waals surface area contributed by atoms with Gasteiger partial charge in [0.25, 0.3) is 0 Å². The normalized spacial score (nSPS) is 21.9. The molecule has 0 aliphatic carbocycles. The molecule has 28 heavy (non-hydrogen) atoms. The summed E-state index contributed by atoms with van der Waals surface area (Å²) in [7, 11) is 0. The molecule has 4 N–H and O–H groups in total. The van der Waals surface area contributed by atoms with Crippen LogP contribution in [0.4, 0.5) is 4.79 Å². The maximum Gasteiger partial charge on any atom is 0.372 e. The number of carbonyl (C=O) groups is 1. The fraction of sp³-hybridized carbons (Fsp3) is 0.273. The number of aliphatic hydroxyl groups excluding tert-OH is 1. The average Bonchev–Trinajstić information content (AvgIpc) is 3.00. The van der Waals surface area contributed by atoms with Crippen LogP contribution in [0.5, 0.6) is 0 Å². The van der Waals surface area contributed by atoms with Crippen molar-refractivity contribution in [3.05, 3.63) is 82.8 Å². The van der Waals surface area contributed by atoms with E-state index in [1.54, 1.807) is 11.8 Å². The van der Waals surface area contributed by atoms with Crippen molar-refractivity contribution < 1.29 is 14.9 Å². The van der Waals surface area contributed by atoms with E-state index in [-0.39, 0.29) is 17.2 Å². The van der Waals surface area contributed by atoms with E-state index in [2.05, 4.69) is 15.6 Å². The molecule has 2 unspecified atom stereocenters. The van der Waals surface area contributed by atoms with Crippen molar-refractivity contribution in [2.75, 3.05) is 0 Å². The molecule has 0 aromatic heterocycles. The number of hydrogen-bond acceptors (Lipinski definition) is 2. The van der Waals surface area contributed by atoms with Crippen LogP contribution in [0.3, 0.4) is 0 Å². The summed E-state index contributed by atoms with van der Waals surface area (Å²) in [6.07, 6.45) is 1.91. The Labute approximate surface area is 170 Å². The van der Waals surface area contributed by atoms with Gasteiger partial charge in [-0.1, -0.05) is 67.6 Å². The van der Waals surface area contributed by atoms with E-state index in [0.29, 0.717) is 13.1 Å². The van der Waals surface area contributed by atoms with E-state index < -0.39 is 5.54 Å². The lowest BCUT2D eigenvalue weighted by Gasteiger charge is -2.28. The van der Waals surface area contributed by atoms with Gasteiger partial charge in [0.15, 0.2) is 6.54 Å². The summed E-state index contributed by atoms with van der Waals surface area (Å²) in [5.41, 5.74) is 1.58. The Bertz CT molecular complexity index is 868. The van der Waals surface area contributed by atoms with E-state index >= 15 is 0 Å². The first kappa shape index (κ1) is 20.0. The first-order chi connectivity index (χ1) is 13.5. The third kappa shape index (κ3) is 5.16. The molecule has 0 fully saturated rings. The van der Waals surface area contributed by atoms with Crippen molar-refractivity contribution >= 4 is 23.7 Å². The molecule has 6 heteroatoms. The summed E-state index contributed by atoms with van der Waals surface area (Å²) in [5.74, 6) is 0.135. The summed E-state index contributed by atoms with van der Waals surface area (Å²) in [6.45, 7) is 5.01. The average molecular weight is 397 g/mol. The van der Waals surface area contributed by atoms with Gasteiger partial charge in [-0.3, -0.25) is 0 Å². The molecule has 0 saturated carbocycles. The summed E-state index contributed by atoms with van der Waals surface area (Å²) < 4.78 is 0. The monoisotopic (exact) mass is 396 g/mol. The first-order valence-electron chi connectivity index (χ1n) is 9.30. The summed E-state index contributed by atoms with van der Waals surface area (Å²) in [4.78, 5) is 16.2. The van der Waals surface area contributed by atoms with Crippen molar-refractivity contribution in [2.45, 2.75) is 37.7 Å². The molecule has 0 spiro atoms. The summed E-state index contributed by atoms with van der Waals surface area (Å²) in [5, 5.41) is 16.4. The van der Waals surface area contributed by atoms with Gasteiger partial charge in [0.05, 0.1) is 5.54 Å². The Kier molecular flexibility index (Phi) is 6.41. The molecule has 2 amide bonds. The molecule has 1 aliphatic heterocycles. The van der Waals surface area contributed by atoms with Gasteiger partial charge in [0.2, 0.25) is 0 Å². The van der Waals surface area contributed by atoms with Gasteiger partial charge in [-0.25, -0.2) is 9.79 Å². The van der Waals surface area contributed by atoms with Crippen LogP contribution in [0.15, 0.2) is 71.6 Å². The van der Waals surface area contributed by atoms with E-state index in [4.69, 9.17) is 0 Å². The molecule has 2 atom stereocenters. The zero-order valence-electron chi connectivity index (χ0n) is 16.1. The SMILES string of the molecule is CC1SC(C(O)=[NH+]Cc2ccccc2)=CC1(C)NC(=O)NCc1ccccc1. The van der Waals surface area contributed by atoms with Gasteiger partial charge in [0, 0.05) is 17.4 Å². The number of hydrogen-bond donors (Lipinski definition) is 4. The molecule has 146 valence electrons. The first-order valence-corrected chi connectivity index (χ1v) is 10.2.